The predicted octanol–water partition coefficient (Wildman–Crippen LogP) is 3.09. The molecule has 1 aliphatic heterocycles. The van der Waals surface area contributed by atoms with Gasteiger partial charge in [-0.1, -0.05) is 13.8 Å². The predicted molar refractivity (Wildman–Crippen MR) is 97.2 cm³/mol. The summed E-state index contributed by atoms with van der Waals surface area (Å²) in [5, 5.41) is 6.73. The van der Waals surface area contributed by atoms with Gasteiger partial charge in [0.1, 0.15) is 0 Å². The molecule has 1 aliphatic rings. The number of thiazole rings is 1. The third kappa shape index (κ3) is 5.46. The highest BCUT2D eigenvalue weighted by Crippen LogP contribution is 2.20. The fourth-order valence-electron chi connectivity index (χ4n) is 2.69. The van der Waals surface area contributed by atoms with Crippen LogP contribution in [0.3, 0.4) is 0 Å². The van der Waals surface area contributed by atoms with E-state index in [-0.39, 0.29) is 0 Å². The minimum absolute atomic E-state index is 0.490. The second kappa shape index (κ2) is 9.23. The normalized spacial score (nSPS) is 18.9. The summed E-state index contributed by atoms with van der Waals surface area (Å²) in [5.41, 5.74) is 1.07. The van der Waals surface area contributed by atoms with Crippen molar-refractivity contribution >= 4 is 17.3 Å². The number of hydrogen-bond donors (Lipinski definition) is 1. The lowest BCUT2D eigenvalue weighted by molar-refractivity contribution is 0.114. The Labute approximate surface area is 144 Å². The molecule has 5 nitrogen and oxygen atoms in total. The van der Waals surface area contributed by atoms with E-state index in [0.717, 1.165) is 44.5 Å². The average molecular weight is 339 g/mol. The standard InChI is InChI=1S/C17H30N4OS/c1-5-18-17(21-8-7-14(10-21)11-22-6-2)19-9-15-12-23-16(20-15)13(3)4/h12-14H,5-11H2,1-4H3,(H,18,19). The number of ether oxygens (including phenoxy) is 1. The summed E-state index contributed by atoms with van der Waals surface area (Å²) in [6.07, 6.45) is 1.18. The minimum atomic E-state index is 0.490. The van der Waals surface area contributed by atoms with Gasteiger partial charge in [0, 0.05) is 43.5 Å². The van der Waals surface area contributed by atoms with Gasteiger partial charge in [-0.3, -0.25) is 0 Å². The van der Waals surface area contributed by atoms with Crippen LogP contribution >= 0.6 is 11.3 Å². The number of hydrogen-bond acceptors (Lipinski definition) is 4. The van der Waals surface area contributed by atoms with Gasteiger partial charge in [0.15, 0.2) is 5.96 Å². The van der Waals surface area contributed by atoms with Crippen LogP contribution in [-0.4, -0.2) is 48.7 Å². The van der Waals surface area contributed by atoms with E-state index in [1.54, 1.807) is 11.3 Å². The summed E-state index contributed by atoms with van der Waals surface area (Å²) in [5.74, 6) is 2.11. The lowest BCUT2D eigenvalue weighted by Crippen LogP contribution is -2.40. The number of likely N-dealkylation sites (tertiary alicyclic amines) is 1. The van der Waals surface area contributed by atoms with Crippen LogP contribution < -0.4 is 5.32 Å². The molecule has 1 fully saturated rings. The number of nitrogens with one attached hydrogen (secondary N) is 1. The van der Waals surface area contributed by atoms with Crippen LogP contribution in [0.4, 0.5) is 0 Å². The van der Waals surface area contributed by atoms with Gasteiger partial charge in [-0.05, 0) is 20.3 Å². The fraction of sp³-hybridized carbons (Fsp3) is 0.765. The van der Waals surface area contributed by atoms with Crippen LogP contribution in [0.25, 0.3) is 0 Å². The van der Waals surface area contributed by atoms with E-state index in [4.69, 9.17) is 9.73 Å². The molecule has 1 aromatic heterocycles. The Bertz CT molecular complexity index is 501. The highest BCUT2D eigenvalue weighted by atomic mass is 32.1. The van der Waals surface area contributed by atoms with Crippen molar-refractivity contribution in [1.29, 1.82) is 0 Å². The van der Waals surface area contributed by atoms with Gasteiger partial charge in [-0.2, -0.15) is 0 Å². The Hall–Kier alpha value is -1.14. The van der Waals surface area contributed by atoms with Crippen LogP contribution in [0.1, 0.15) is 50.7 Å². The molecule has 2 rings (SSSR count). The molecule has 0 spiro atoms. The molecule has 0 aliphatic carbocycles. The molecular formula is C17H30N4OS. The summed E-state index contributed by atoms with van der Waals surface area (Å²) >= 11 is 1.73. The summed E-state index contributed by atoms with van der Waals surface area (Å²) in [7, 11) is 0. The molecule has 130 valence electrons. The van der Waals surface area contributed by atoms with Crippen molar-refractivity contribution in [3.63, 3.8) is 0 Å². The summed E-state index contributed by atoms with van der Waals surface area (Å²) in [6.45, 7) is 13.8. The lowest BCUT2D eigenvalue weighted by Gasteiger charge is -2.21. The van der Waals surface area contributed by atoms with E-state index in [1.807, 2.05) is 0 Å². The topological polar surface area (TPSA) is 49.8 Å². The Kier molecular flexibility index (Phi) is 7.30. The van der Waals surface area contributed by atoms with Crippen LogP contribution in [0.15, 0.2) is 10.4 Å². The van der Waals surface area contributed by atoms with Gasteiger partial charge in [0.05, 0.1) is 23.9 Å². The molecule has 1 unspecified atom stereocenters. The van der Waals surface area contributed by atoms with Crippen molar-refractivity contribution in [1.82, 2.24) is 15.2 Å². The van der Waals surface area contributed by atoms with E-state index < -0.39 is 0 Å². The Morgan fingerprint density at radius 2 is 2.35 bits per heavy atom. The van der Waals surface area contributed by atoms with Crippen LogP contribution in [0, 0.1) is 5.92 Å². The number of aromatic nitrogens is 1. The number of guanidine groups is 1. The molecule has 0 radical (unpaired) electrons. The molecule has 23 heavy (non-hydrogen) atoms. The second-order valence-corrected chi connectivity index (χ2v) is 7.15. The van der Waals surface area contributed by atoms with Gasteiger partial charge < -0.3 is 15.0 Å². The molecule has 1 N–H and O–H groups in total. The molecule has 1 saturated heterocycles. The van der Waals surface area contributed by atoms with Gasteiger partial charge >= 0.3 is 0 Å². The first-order valence-electron chi connectivity index (χ1n) is 8.69. The van der Waals surface area contributed by atoms with Crippen molar-refractivity contribution in [2.75, 3.05) is 32.8 Å². The lowest BCUT2D eigenvalue weighted by atomic mass is 10.1. The largest absolute Gasteiger partial charge is 0.381 e. The maximum Gasteiger partial charge on any atom is 0.194 e. The van der Waals surface area contributed by atoms with E-state index in [1.165, 1.54) is 11.4 Å². The molecule has 1 aromatic rings. The van der Waals surface area contributed by atoms with Gasteiger partial charge in [0.25, 0.3) is 0 Å². The first-order valence-corrected chi connectivity index (χ1v) is 9.57. The van der Waals surface area contributed by atoms with E-state index in [0.29, 0.717) is 18.4 Å². The van der Waals surface area contributed by atoms with Crippen molar-refractivity contribution in [2.45, 2.75) is 46.6 Å². The van der Waals surface area contributed by atoms with E-state index in [9.17, 15) is 0 Å². The van der Waals surface area contributed by atoms with E-state index >= 15 is 0 Å². The summed E-state index contributed by atoms with van der Waals surface area (Å²) in [6, 6.07) is 0. The molecule has 0 aromatic carbocycles. The first kappa shape index (κ1) is 18.2. The zero-order valence-electron chi connectivity index (χ0n) is 14.8. The molecule has 2 heterocycles. The smallest absolute Gasteiger partial charge is 0.194 e. The van der Waals surface area contributed by atoms with Crippen molar-refractivity contribution in [3.8, 4) is 0 Å². The van der Waals surface area contributed by atoms with Crippen molar-refractivity contribution in [2.24, 2.45) is 10.9 Å². The molecule has 0 saturated carbocycles. The Balaban J connectivity index is 1.94. The van der Waals surface area contributed by atoms with Gasteiger partial charge in [0.2, 0.25) is 0 Å². The first-order chi connectivity index (χ1) is 11.1. The molecule has 0 bridgehead atoms. The molecular weight excluding hydrogens is 308 g/mol. The third-order valence-corrected chi connectivity index (χ3v) is 5.13. The quantitative estimate of drug-likeness (QED) is 0.613. The van der Waals surface area contributed by atoms with Crippen molar-refractivity contribution < 1.29 is 4.74 Å². The highest BCUT2D eigenvalue weighted by molar-refractivity contribution is 7.09. The maximum absolute atomic E-state index is 5.56. The third-order valence-electron chi connectivity index (χ3n) is 3.93. The molecule has 0 amide bonds. The highest BCUT2D eigenvalue weighted by Gasteiger charge is 2.24. The molecule has 6 heteroatoms. The fourth-order valence-corrected chi connectivity index (χ4v) is 3.51. The minimum Gasteiger partial charge on any atom is -0.381 e. The summed E-state index contributed by atoms with van der Waals surface area (Å²) in [4.78, 5) is 11.8. The number of nitrogens with zero attached hydrogens (tertiary/aromatic N) is 3. The van der Waals surface area contributed by atoms with Crippen molar-refractivity contribution in [3.05, 3.63) is 16.1 Å². The van der Waals surface area contributed by atoms with Crippen LogP contribution in [0.5, 0.6) is 0 Å². The Morgan fingerprint density at radius 3 is 3.00 bits per heavy atom. The monoisotopic (exact) mass is 338 g/mol. The van der Waals surface area contributed by atoms with Gasteiger partial charge in [-0.25, -0.2) is 9.98 Å². The zero-order chi connectivity index (χ0) is 16.7. The average Bonchev–Trinajstić information content (AvgIpc) is 3.18. The van der Waals surface area contributed by atoms with Crippen LogP contribution in [0.2, 0.25) is 0 Å². The number of aliphatic imine (C=N–C) groups is 1. The molecule has 1 atom stereocenters. The second-order valence-electron chi connectivity index (χ2n) is 6.26. The Morgan fingerprint density at radius 1 is 1.52 bits per heavy atom. The van der Waals surface area contributed by atoms with Gasteiger partial charge in [-0.15, -0.1) is 11.3 Å². The SMILES string of the molecule is CCNC(=NCc1csc(C(C)C)n1)N1CCC(COCC)C1. The van der Waals surface area contributed by atoms with Crippen LogP contribution in [-0.2, 0) is 11.3 Å². The summed E-state index contributed by atoms with van der Waals surface area (Å²) < 4.78 is 5.56. The van der Waals surface area contributed by atoms with E-state index in [2.05, 4.69) is 48.3 Å². The number of rotatable bonds is 7. The maximum atomic E-state index is 5.56. The zero-order valence-corrected chi connectivity index (χ0v) is 15.7.